The van der Waals surface area contributed by atoms with Crippen molar-refractivity contribution >= 4 is 5.91 Å². The lowest BCUT2D eigenvalue weighted by Crippen LogP contribution is -2.44. The molecule has 15 heavy (non-hydrogen) atoms. The van der Waals surface area contributed by atoms with Crippen LogP contribution in [0.2, 0.25) is 0 Å². The molecule has 0 aromatic heterocycles. The summed E-state index contributed by atoms with van der Waals surface area (Å²) in [5, 5.41) is 15.1. The fourth-order valence-corrected chi connectivity index (χ4v) is 1.78. The molecule has 2 atom stereocenters. The monoisotopic (exact) mass is 214 g/mol. The van der Waals surface area contributed by atoms with Crippen LogP contribution in [0.15, 0.2) is 0 Å². The predicted octanol–water partition coefficient (Wildman–Crippen LogP) is 0.406. The third-order valence-corrected chi connectivity index (χ3v) is 2.74. The highest BCUT2D eigenvalue weighted by molar-refractivity contribution is 5.81. The highest BCUT2D eigenvalue weighted by Crippen LogP contribution is 2.08. The van der Waals surface area contributed by atoms with Crippen molar-refractivity contribution in [1.29, 1.82) is 0 Å². The van der Waals surface area contributed by atoms with Crippen molar-refractivity contribution in [2.24, 2.45) is 0 Å². The van der Waals surface area contributed by atoms with Crippen molar-refractivity contribution in [3.63, 3.8) is 0 Å². The molecule has 4 nitrogen and oxygen atoms in total. The maximum Gasteiger partial charge on any atom is 0.237 e. The molecular weight excluding hydrogens is 192 g/mol. The van der Waals surface area contributed by atoms with Crippen LogP contribution < -0.4 is 10.6 Å². The van der Waals surface area contributed by atoms with E-state index in [-0.39, 0.29) is 18.1 Å². The predicted molar refractivity (Wildman–Crippen MR) is 59.6 cm³/mol. The van der Waals surface area contributed by atoms with Gasteiger partial charge in [0.15, 0.2) is 0 Å². The molecule has 0 bridgehead atoms. The van der Waals surface area contributed by atoms with Crippen LogP contribution in [0.25, 0.3) is 0 Å². The molecule has 4 heteroatoms. The van der Waals surface area contributed by atoms with E-state index in [4.69, 9.17) is 5.11 Å². The Morgan fingerprint density at radius 3 is 3.07 bits per heavy atom. The van der Waals surface area contributed by atoms with Gasteiger partial charge in [-0.1, -0.05) is 12.8 Å². The van der Waals surface area contributed by atoms with Crippen molar-refractivity contribution in [2.75, 3.05) is 13.1 Å². The number of aliphatic hydroxyl groups is 1. The quantitative estimate of drug-likeness (QED) is 0.635. The lowest BCUT2D eigenvalue weighted by molar-refractivity contribution is -0.123. The van der Waals surface area contributed by atoms with Gasteiger partial charge in [0, 0.05) is 6.54 Å². The zero-order valence-electron chi connectivity index (χ0n) is 9.46. The van der Waals surface area contributed by atoms with Gasteiger partial charge in [-0.25, -0.2) is 0 Å². The first-order valence-corrected chi connectivity index (χ1v) is 5.89. The van der Waals surface area contributed by atoms with Crippen LogP contribution in [0.4, 0.5) is 0 Å². The van der Waals surface area contributed by atoms with E-state index >= 15 is 0 Å². The second kappa shape index (κ2) is 6.80. The van der Waals surface area contributed by atoms with Crippen molar-refractivity contribution in [3.8, 4) is 0 Å². The van der Waals surface area contributed by atoms with E-state index in [1.807, 2.05) is 0 Å². The summed E-state index contributed by atoms with van der Waals surface area (Å²) in [6, 6.07) is -0.0264. The number of hydrogen-bond acceptors (Lipinski definition) is 3. The Balaban J connectivity index is 2.19. The van der Waals surface area contributed by atoms with Crippen molar-refractivity contribution < 1.29 is 9.90 Å². The van der Waals surface area contributed by atoms with Crippen LogP contribution in [-0.4, -0.2) is 36.2 Å². The van der Waals surface area contributed by atoms with Gasteiger partial charge in [-0.15, -0.1) is 0 Å². The standard InChI is InChI=1S/C11H22N2O2/c1-9(14)6-8-13-11(15)10-5-3-2-4-7-12-10/h9-10,12,14H,2-8H2,1H3,(H,13,15). The van der Waals surface area contributed by atoms with Gasteiger partial charge in [0.05, 0.1) is 12.1 Å². The molecule has 1 rings (SSSR count). The number of carbonyl (C=O) groups excluding carboxylic acids is 1. The number of nitrogens with one attached hydrogen (secondary N) is 2. The molecule has 0 aromatic rings. The van der Waals surface area contributed by atoms with E-state index in [2.05, 4.69) is 10.6 Å². The average Bonchev–Trinajstić information content (AvgIpc) is 2.44. The van der Waals surface area contributed by atoms with E-state index in [1.54, 1.807) is 6.92 Å². The molecule has 2 unspecified atom stereocenters. The van der Waals surface area contributed by atoms with Crippen LogP contribution in [0.5, 0.6) is 0 Å². The first-order chi connectivity index (χ1) is 7.20. The van der Waals surface area contributed by atoms with E-state index in [9.17, 15) is 4.79 Å². The molecule has 1 saturated heterocycles. The van der Waals surface area contributed by atoms with Gasteiger partial charge in [0.25, 0.3) is 0 Å². The smallest absolute Gasteiger partial charge is 0.237 e. The maximum absolute atomic E-state index is 11.7. The molecule has 3 N–H and O–H groups in total. The highest BCUT2D eigenvalue weighted by atomic mass is 16.3. The molecule has 1 heterocycles. The van der Waals surface area contributed by atoms with Crippen LogP contribution in [0.1, 0.15) is 39.0 Å². The summed E-state index contributed by atoms with van der Waals surface area (Å²) >= 11 is 0. The second-order valence-corrected chi connectivity index (χ2v) is 4.28. The Morgan fingerprint density at radius 2 is 2.33 bits per heavy atom. The van der Waals surface area contributed by atoms with Gasteiger partial charge in [0.2, 0.25) is 5.91 Å². The minimum atomic E-state index is -0.340. The van der Waals surface area contributed by atoms with Crippen molar-refractivity contribution in [2.45, 2.75) is 51.2 Å². The first kappa shape index (κ1) is 12.5. The summed E-state index contributed by atoms with van der Waals surface area (Å²) in [6.45, 7) is 3.24. The zero-order valence-corrected chi connectivity index (χ0v) is 9.46. The Kier molecular flexibility index (Phi) is 5.65. The van der Waals surface area contributed by atoms with Crippen molar-refractivity contribution in [1.82, 2.24) is 10.6 Å². The van der Waals surface area contributed by atoms with Gasteiger partial charge < -0.3 is 15.7 Å². The van der Waals surface area contributed by atoms with E-state index in [0.29, 0.717) is 13.0 Å². The third-order valence-electron chi connectivity index (χ3n) is 2.74. The molecule has 1 fully saturated rings. The highest BCUT2D eigenvalue weighted by Gasteiger charge is 2.18. The average molecular weight is 214 g/mol. The van der Waals surface area contributed by atoms with Gasteiger partial charge >= 0.3 is 0 Å². The van der Waals surface area contributed by atoms with Crippen LogP contribution >= 0.6 is 0 Å². The number of carbonyl (C=O) groups is 1. The molecule has 0 aromatic carbocycles. The third kappa shape index (κ3) is 5.14. The van der Waals surface area contributed by atoms with Crippen LogP contribution in [0.3, 0.4) is 0 Å². The topological polar surface area (TPSA) is 61.4 Å². The number of aliphatic hydroxyl groups excluding tert-OH is 1. The molecule has 0 spiro atoms. The summed E-state index contributed by atoms with van der Waals surface area (Å²) in [5.74, 6) is 0.0811. The zero-order chi connectivity index (χ0) is 11.1. The minimum absolute atomic E-state index is 0.0264. The minimum Gasteiger partial charge on any atom is -0.393 e. The molecule has 1 aliphatic heterocycles. The summed E-state index contributed by atoms with van der Waals surface area (Å²) in [4.78, 5) is 11.7. The Labute approximate surface area is 91.4 Å². The van der Waals surface area contributed by atoms with Crippen molar-refractivity contribution in [3.05, 3.63) is 0 Å². The van der Waals surface area contributed by atoms with E-state index in [0.717, 1.165) is 25.8 Å². The molecule has 88 valence electrons. The summed E-state index contributed by atoms with van der Waals surface area (Å²) in [6.07, 6.45) is 4.72. The molecule has 0 aliphatic carbocycles. The normalized spacial score (nSPS) is 24.3. The van der Waals surface area contributed by atoms with Gasteiger partial charge in [-0.3, -0.25) is 4.79 Å². The number of amides is 1. The van der Waals surface area contributed by atoms with E-state index in [1.165, 1.54) is 6.42 Å². The maximum atomic E-state index is 11.7. The summed E-state index contributed by atoms with van der Waals surface area (Å²) in [7, 11) is 0. The Bertz CT molecular complexity index is 187. The number of rotatable bonds is 4. The van der Waals surface area contributed by atoms with Gasteiger partial charge in [-0.2, -0.15) is 0 Å². The van der Waals surface area contributed by atoms with Gasteiger partial charge in [0.1, 0.15) is 0 Å². The summed E-state index contributed by atoms with van der Waals surface area (Å²) < 4.78 is 0. The Morgan fingerprint density at radius 1 is 1.53 bits per heavy atom. The molecule has 1 amide bonds. The molecular formula is C11H22N2O2. The lowest BCUT2D eigenvalue weighted by atomic mass is 10.1. The largest absolute Gasteiger partial charge is 0.393 e. The molecule has 1 aliphatic rings. The molecule has 0 saturated carbocycles. The van der Waals surface area contributed by atoms with Crippen LogP contribution in [-0.2, 0) is 4.79 Å². The van der Waals surface area contributed by atoms with Gasteiger partial charge in [-0.05, 0) is 32.7 Å². The lowest BCUT2D eigenvalue weighted by Gasteiger charge is -2.15. The number of hydrogen-bond donors (Lipinski definition) is 3. The SMILES string of the molecule is CC(O)CCNC(=O)C1CCCCCN1. The Hall–Kier alpha value is -0.610. The summed E-state index contributed by atoms with van der Waals surface area (Å²) in [5.41, 5.74) is 0. The second-order valence-electron chi connectivity index (χ2n) is 4.28. The van der Waals surface area contributed by atoms with E-state index < -0.39 is 0 Å². The fourth-order valence-electron chi connectivity index (χ4n) is 1.78. The van der Waals surface area contributed by atoms with Crippen LogP contribution in [0, 0.1) is 0 Å². The first-order valence-electron chi connectivity index (χ1n) is 5.89. The fraction of sp³-hybridized carbons (Fsp3) is 0.909. The molecule has 0 radical (unpaired) electrons.